The van der Waals surface area contributed by atoms with Gasteiger partial charge in [-0.3, -0.25) is 14.9 Å². The lowest BCUT2D eigenvalue weighted by Gasteiger charge is -2.24. The van der Waals surface area contributed by atoms with Gasteiger partial charge in [-0.2, -0.15) is 8.75 Å². The molecule has 9 nitrogen and oxygen atoms in total. The average Bonchev–Trinajstić information content (AvgIpc) is 2.93. The fourth-order valence-corrected chi connectivity index (χ4v) is 2.30. The normalized spacial score (nSPS) is 13.5. The molecule has 22 heavy (non-hydrogen) atoms. The number of nitrogens with one attached hydrogen (secondary N) is 1. The van der Waals surface area contributed by atoms with Gasteiger partial charge >= 0.3 is 5.97 Å². The van der Waals surface area contributed by atoms with Crippen LogP contribution in [0.25, 0.3) is 11.0 Å². The zero-order valence-corrected chi connectivity index (χ0v) is 12.5. The number of nitro groups is 1. The Morgan fingerprint density at radius 3 is 2.68 bits per heavy atom. The predicted molar refractivity (Wildman–Crippen MR) is 77.9 cm³/mol. The second-order valence-corrected chi connectivity index (χ2v) is 5.36. The first-order valence-electron chi connectivity index (χ1n) is 6.25. The number of carbonyl (C=O) groups is 2. The van der Waals surface area contributed by atoms with Crippen molar-refractivity contribution in [2.75, 3.05) is 0 Å². The zero-order chi connectivity index (χ0) is 16.5. The van der Waals surface area contributed by atoms with Crippen LogP contribution in [0.3, 0.4) is 0 Å². The third-order valence-electron chi connectivity index (χ3n) is 3.37. The molecule has 2 aromatic rings. The van der Waals surface area contributed by atoms with Crippen molar-refractivity contribution < 1.29 is 19.6 Å². The summed E-state index contributed by atoms with van der Waals surface area (Å²) in [6, 6.07) is 2.41. The molecular weight excluding hydrogens is 312 g/mol. The molecule has 2 N–H and O–H groups in total. The number of aliphatic carboxylic acids is 1. The lowest BCUT2D eigenvalue weighted by molar-refractivity contribution is -0.383. The van der Waals surface area contributed by atoms with E-state index in [0.29, 0.717) is 0 Å². The van der Waals surface area contributed by atoms with Gasteiger partial charge in [-0.1, -0.05) is 6.92 Å². The van der Waals surface area contributed by atoms with E-state index in [4.69, 9.17) is 5.11 Å². The van der Waals surface area contributed by atoms with Crippen LogP contribution in [-0.2, 0) is 4.79 Å². The second kappa shape index (κ2) is 5.64. The van der Waals surface area contributed by atoms with Crippen LogP contribution in [0.2, 0.25) is 0 Å². The van der Waals surface area contributed by atoms with E-state index in [1.165, 1.54) is 13.0 Å². The number of fused-ring (bicyclic) bond motifs is 1. The molecule has 0 radical (unpaired) electrons. The maximum Gasteiger partial charge on any atom is 0.329 e. The molecular formula is C12H12N4O5S. The van der Waals surface area contributed by atoms with Crippen LogP contribution in [0, 0.1) is 10.1 Å². The van der Waals surface area contributed by atoms with Gasteiger partial charge in [-0.25, -0.2) is 4.79 Å². The summed E-state index contributed by atoms with van der Waals surface area (Å²) in [6.45, 7) is 2.98. The number of rotatable bonds is 5. The summed E-state index contributed by atoms with van der Waals surface area (Å²) in [4.78, 5) is 33.8. The van der Waals surface area contributed by atoms with E-state index in [9.17, 15) is 19.7 Å². The Bertz CT molecular complexity index is 774. The Morgan fingerprint density at radius 1 is 1.45 bits per heavy atom. The SMILES string of the molecule is CCC(C)(NC(=O)c1cc([N+](=O)[O-])c2nsnc2c1)C(=O)O. The van der Waals surface area contributed by atoms with Crippen molar-refractivity contribution in [3.8, 4) is 0 Å². The van der Waals surface area contributed by atoms with Gasteiger partial charge in [0.2, 0.25) is 0 Å². The minimum atomic E-state index is -1.46. The topological polar surface area (TPSA) is 135 Å². The quantitative estimate of drug-likeness (QED) is 0.629. The molecule has 0 saturated heterocycles. The van der Waals surface area contributed by atoms with Gasteiger partial charge in [-0.15, -0.1) is 0 Å². The summed E-state index contributed by atoms with van der Waals surface area (Å²) in [6.07, 6.45) is 0.163. The Labute approximate surface area is 128 Å². The molecule has 0 aliphatic rings. The Kier molecular flexibility index (Phi) is 4.04. The molecule has 116 valence electrons. The molecule has 0 aliphatic carbocycles. The molecule has 10 heteroatoms. The van der Waals surface area contributed by atoms with Gasteiger partial charge in [0.05, 0.1) is 16.7 Å². The van der Waals surface area contributed by atoms with Gasteiger partial charge in [0, 0.05) is 11.6 Å². The van der Waals surface area contributed by atoms with Crippen LogP contribution in [0.4, 0.5) is 5.69 Å². The van der Waals surface area contributed by atoms with E-state index in [0.717, 1.165) is 17.8 Å². The Hall–Kier alpha value is -2.62. The van der Waals surface area contributed by atoms with Crippen LogP contribution in [0.5, 0.6) is 0 Å². The van der Waals surface area contributed by atoms with Crippen molar-refractivity contribution in [3.63, 3.8) is 0 Å². The minimum absolute atomic E-state index is 0.0344. The molecule has 0 aliphatic heterocycles. The van der Waals surface area contributed by atoms with Crippen molar-refractivity contribution in [3.05, 3.63) is 27.8 Å². The summed E-state index contributed by atoms with van der Waals surface area (Å²) >= 11 is 0.797. The standard InChI is InChI=1S/C12H12N4O5S/c1-3-12(2,11(18)19)13-10(17)6-4-7-9(15-22-14-7)8(5-6)16(20)21/h4-5H,3H2,1-2H3,(H,13,17)(H,18,19). The van der Waals surface area contributed by atoms with Gasteiger partial charge in [-0.05, 0) is 19.4 Å². The summed E-state index contributed by atoms with van der Waals surface area (Å²) in [7, 11) is 0. The molecule has 0 saturated carbocycles. The maximum atomic E-state index is 12.2. The van der Waals surface area contributed by atoms with Crippen LogP contribution in [0.15, 0.2) is 12.1 Å². The first-order chi connectivity index (χ1) is 10.3. The number of benzene rings is 1. The molecule has 1 heterocycles. The molecule has 0 spiro atoms. The molecule has 2 rings (SSSR count). The van der Waals surface area contributed by atoms with E-state index in [2.05, 4.69) is 14.1 Å². The molecule has 1 aromatic heterocycles. The average molecular weight is 324 g/mol. The number of nitrogens with zero attached hydrogens (tertiary/aromatic N) is 3. The van der Waals surface area contributed by atoms with E-state index in [1.807, 2.05) is 0 Å². The first-order valence-corrected chi connectivity index (χ1v) is 6.98. The molecule has 0 bridgehead atoms. The van der Waals surface area contributed by atoms with Crippen molar-refractivity contribution in [1.29, 1.82) is 0 Å². The number of carbonyl (C=O) groups excluding carboxylic acids is 1. The monoisotopic (exact) mass is 324 g/mol. The van der Waals surface area contributed by atoms with Crippen LogP contribution < -0.4 is 5.32 Å². The highest BCUT2D eigenvalue weighted by atomic mass is 32.1. The molecule has 0 fully saturated rings. The lowest BCUT2D eigenvalue weighted by atomic mass is 9.98. The van der Waals surface area contributed by atoms with Crippen molar-refractivity contribution in [2.45, 2.75) is 25.8 Å². The van der Waals surface area contributed by atoms with Crippen LogP contribution in [0.1, 0.15) is 30.6 Å². The van der Waals surface area contributed by atoms with E-state index in [1.54, 1.807) is 6.92 Å². The predicted octanol–water partition coefficient (Wildman–Crippen LogP) is 1.58. The smallest absolute Gasteiger partial charge is 0.329 e. The highest BCUT2D eigenvalue weighted by molar-refractivity contribution is 7.00. The summed E-state index contributed by atoms with van der Waals surface area (Å²) in [5, 5.41) is 22.6. The van der Waals surface area contributed by atoms with Gasteiger partial charge in [0.15, 0.2) is 5.52 Å². The van der Waals surface area contributed by atoms with Crippen molar-refractivity contribution in [2.24, 2.45) is 0 Å². The first kappa shape index (κ1) is 15.8. The largest absolute Gasteiger partial charge is 0.480 e. The molecule has 1 unspecified atom stereocenters. The number of non-ortho nitro benzene ring substituents is 1. The summed E-state index contributed by atoms with van der Waals surface area (Å²) in [5.74, 6) is -1.90. The van der Waals surface area contributed by atoms with Crippen molar-refractivity contribution in [1.82, 2.24) is 14.1 Å². The number of amides is 1. The Balaban J connectivity index is 2.44. The third-order valence-corrected chi connectivity index (χ3v) is 3.91. The maximum absolute atomic E-state index is 12.2. The highest BCUT2D eigenvalue weighted by Gasteiger charge is 2.33. The molecule has 1 aromatic carbocycles. The summed E-state index contributed by atoms with van der Waals surface area (Å²) < 4.78 is 7.71. The fraction of sp³-hybridized carbons (Fsp3) is 0.333. The van der Waals surface area contributed by atoms with E-state index in [-0.39, 0.29) is 28.7 Å². The molecule has 1 amide bonds. The minimum Gasteiger partial charge on any atom is -0.480 e. The van der Waals surface area contributed by atoms with Gasteiger partial charge < -0.3 is 10.4 Å². The van der Waals surface area contributed by atoms with Crippen LogP contribution >= 0.6 is 11.7 Å². The zero-order valence-electron chi connectivity index (χ0n) is 11.7. The Morgan fingerprint density at radius 2 is 2.14 bits per heavy atom. The molecule has 1 atom stereocenters. The number of carboxylic acids is 1. The fourth-order valence-electron chi connectivity index (χ4n) is 1.76. The number of nitro benzene ring substituents is 1. The summed E-state index contributed by atoms with van der Waals surface area (Å²) in [5.41, 5.74) is -1.51. The third kappa shape index (κ3) is 2.72. The highest BCUT2D eigenvalue weighted by Crippen LogP contribution is 2.26. The lowest BCUT2D eigenvalue weighted by Crippen LogP contribution is -2.51. The van der Waals surface area contributed by atoms with E-state index < -0.39 is 22.3 Å². The number of hydrogen-bond acceptors (Lipinski definition) is 7. The number of hydrogen-bond donors (Lipinski definition) is 2. The number of aromatic nitrogens is 2. The second-order valence-electron chi connectivity index (χ2n) is 4.83. The van der Waals surface area contributed by atoms with Gasteiger partial charge in [0.25, 0.3) is 11.6 Å². The van der Waals surface area contributed by atoms with Crippen LogP contribution in [-0.4, -0.2) is 36.2 Å². The van der Waals surface area contributed by atoms with Gasteiger partial charge in [0.1, 0.15) is 11.1 Å². The van der Waals surface area contributed by atoms with E-state index >= 15 is 0 Å². The van der Waals surface area contributed by atoms with Crippen molar-refractivity contribution >= 4 is 40.3 Å². The number of carboxylic acid groups (broad SMARTS) is 1.